The molecule has 2 aromatic carbocycles. The molecule has 0 saturated carbocycles. The first-order chi connectivity index (χ1) is 13.1. The maximum atomic E-state index is 11.6. The molecular weight excluding hydrogens is 336 g/mol. The van der Waals surface area contributed by atoms with Crippen molar-refractivity contribution in [3.05, 3.63) is 71.9 Å². The molecule has 4 heteroatoms. The summed E-state index contributed by atoms with van der Waals surface area (Å²) in [6.45, 7) is 2.31. The van der Waals surface area contributed by atoms with Crippen molar-refractivity contribution in [1.82, 2.24) is 9.47 Å². The summed E-state index contributed by atoms with van der Waals surface area (Å²) in [5.41, 5.74) is 2.78. The van der Waals surface area contributed by atoms with Gasteiger partial charge in [-0.1, -0.05) is 36.4 Å². The molecule has 0 aliphatic carbocycles. The predicted molar refractivity (Wildman–Crippen MR) is 106 cm³/mol. The highest BCUT2D eigenvalue weighted by molar-refractivity contribution is 5.81. The van der Waals surface area contributed by atoms with E-state index in [1.54, 1.807) is 0 Å². The van der Waals surface area contributed by atoms with Crippen LogP contribution in [0.3, 0.4) is 0 Å². The van der Waals surface area contributed by atoms with Crippen molar-refractivity contribution in [1.29, 1.82) is 0 Å². The average molecular weight is 362 g/mol. The molecule has 0 radical (unpaired) electrons. The Morgan fingerprint density at radius 2 is 1.78 bits per heavy atom. The second-order valence-corrected chi connectivity index (χ2v) is 8.14. The molecule has 3 heterocycles. The predicted octanol–water partition coefficient (Wildman–Crippen LogP) is 3.43. The van der Waals surface area contributed by atoms with E-state index in [-0.39, 0.29) is 12.1 Å². The zero-order chi connectivity index (χ0) is 18.4. The minimum absolute atomic E-state index is 0.245. The molecule has 2 atom stereocenters. The smallest absolute Gasteiger partial charge is 0.0928 e. The van der Waals surface area contributed by atoms with E-state index in [2.05, 4.69) is 77.3 Å². The summed E-state index contributed by atoms with van der Waals surface area (Å²) in [7, 11) is 2.06. The van der Waals surface area contributed by atoms with Gasteiger partial charge in [0.1, 0.15) is 0 Å². The minimum Gasteiger partial charge on any atom is -0.385 e. The standard InChI is InChI=1S/C23H26N2O2/c1-24-10-9-18-11-19(7-8-22(18)24)23(26)12-20-15-27-16-21(13-23)25(20)14-17-5-3-2-4-6-17/h2-11,20-21,26H,12-16H2,1H3. The highest BCUT2D eigenvalue weighted by Crippen LogP contribution is 2.42. The molecule has 1 N–H and O–H groups in total. The Hall–Kier alpha value is -2.14. The molecule has 5 rings (SSSR count). The first-order valence-corrected chi connectivity index (χ1v) is 9.78. The van der Waals surface area contributed by atoms with E-state index >= 15 is 0 Å². The summed E-state index contributed by atoms with van der Waals surface area (Å²) in [4.78, 5) is 2.54. The molecule has 2 unspecified atom stereocenters. The van der Waals surface area contributed by atoms with Gasteiger partial charge in [0, 0.05) is 37.4 Å². The van der Waals surface area contributed by atoms with Gasteiger partial charge in [0.05, 0.1) is 18.8 Å². The van der Waals surface area contributed by atoms with Gasteiger partial charge in [-0.25, -0.2) is 0 Å². The number of hydrogen-bond donors (Lipinski definition) is 1. The van der Waals surface area contributed by atoms with Gasteiger partial charge < -0.3 is 14.4 Å². The minimum atomic E-state index is -0.781. The van der Waals surface area contributed by atoms with E-state index in [9.17, 15) is 5.11 Å². The summed E-state index contributed by atoms with van der Waals surface area (Å²) in [6, 6.07) is 19.6. The quantitative estimate of drug-likeness (QED) is 0.776. The maximum Gasteiger partial charge on any atom is 0.0928 e. The van der Waals surface area contributed by atoms with Crippen LogP contribution >= 0.6 is 0 Å². The van der Waals surface area contributed by atoms with Crippen molar-refractivity contribution in [3.8, 4) is 0 Å². The molecule has 3 aromatic rings. The van der Waals surface area contributed by atoms with Gasteiger partial charge in [-0.15, -0.1) is 0 Å². The number of aliphatic hydroxyl groups is 1. The number of rotatable bonds is 3. The van der Waals surface area contributed by atoms with Crippen molar-refractivity contribution in [2.24, 2.45) is 7.05 Å². The third-order valence-electron chi connectivity index (χ3n) is 6.34. The number of piperidine rings is 1. The van der Waals surface area contributed by atoms with Gasteiger partial charge >= 0.3 is 0 Å². The normalized spacial score (nSPS) is 28.5. The Morgan fingerprint density at radius 3 is 2.52 bits per heavy atom. The summed E-state index contributed by atoms with van der Waals surface area (Å²) >= 11 is 0. The van der Waals surface area contributed by atoms with Crippen LogP contribution in [-0.2, 0) is 23.9 Å². The fraction of sp³-hybridized carbons (Fsp3) is 0.391. The van der Waals surface area contributed by atoms with Gasteiger partial charge in [-0.3, -0.25) is 4.90 Å². The van der Waals surface area contributed by atoms with Crippen LogP contribution < -0.4 is 0 Å². The molecule has 2 aliphatic heterocycles. The average Bonchev–Trinajstić information content (AvgIpc) is 3.04. The van der Waals surface area contributed by atoms with E-state index < -0.39 is 5.60 Å². The Kier molecular flexibility index (Phi) is 4.08. The lowest BCUT2D eigenvalue weighted by atomic mass is 9.76. The number of ether oxygens (including phenoxy) is 1. The second-order valence-electron chi connectivity index (χ2n) is 8.14. The lowest BCUT2D eigenvalue weighted by molar-refractivity contribution is -0.149. The topological polar surface area (TPSA) is 37.6 Å². The first kappa shape index (κ1) is 17.0. The van der Waals surface area contributed by atoms with Gasteiger partial charge in [-0.2, -0.15) is 0 Å². The number of morpholine rings is 1. The van der Waals surface area contributed by atoms with Crippen LogP contribution in [0.25, 0.3) is 10.9 Å². The SMILES string of the molecule is Cn1ccc2cc(C3(O)CC4COCC(C3)N4Cc3ccccc3)ccc21. The Bertz CT molecular complexity index is 935. The zero-order valence-electron chi connectivity index (χ0n) is 15.7. The molecule has 27 heavy (non-hydrogen) atoms. The highest BCUT2D eigenvalue weighted by Gasteiger charge is 2.46. The number of aryl methyl sites for hydroxylation is 1. The fourth-order valence-corrected chi connectivity index (χ4v) is 4.90. The van der Waals surface area contributed by atoms with Crippen molar-refractivity contribution in [2.75, 3.05) is 13.2 Å². The van der Waals surface area contributed by atoms with Gasteiger partial charge in [0.2, 0.25) is 0 Å². The van der Waals surface area contributed by atoms with Gasteiger partial charge in [-0.05, 0) is 47.6 Å². The monoisotopic (exact) mass is 362 g/mol. The van der Waals surface area contributed by atoms with Crippen LogP contribution in [0.1, 0.15) is 24.0 Å². The molecule has 2 bridgehead atoms. The summed E-state index contributed by atoms with van der Waals surface area (Å²) in [5.74, 6) is 0. The van der Waals surface area contributed by atoms with Crippen molar-refractivity contribution in [3.63, 3.8) is 0 Å². The largest absolute Gasteiger partial charge is 0.385 e. The molecule has 140 valence electrons. The van der Waals surface area contributed by atoms with E-state index in [1.807, 2.05) is 0 Å². The van der Waals surface area contributed by atoms with Crippen LogP contribution in [0.15, 0.2) is 60.8 Å². The second kappa shape index (κ2) is 6.48. The van der Waals surface area contributed by atoms with Gasteiger partial charge in [0.15, 0.2) is 0 Å². The van der Waals surface area contributed by atoms with Crippen LogP contribution in [0.4, 0.5) is 0 Å². The van der Waals surface area contributed by atoms with E-state index in [0.717, 1.165) is 12.1 Å². The summed E-state index contributed by atoms with van der Waals surface area (Å²) in [6.07, 6.45) is 3.51. The molecule has 4 nitrogen and oxygen atoms in total. The van der Waals surface area contributed by atoms with Crippen molar-refractivity contribution < 1.29 is 9.84 Å². The third kappa shape index (κ3) is 2.98. The maximum absolute atomic E-state index is 11.6. The Balaban J connectivity index is 1.43. The van der Waals surface area contributed by atoms with Gasteiger partial charge in [0.25, 0.3) is 0 Å². The molecule has 2 aliphatic rings. The Morgan fingerprint density at radius 1 is 1.04 bits per heavy atom. The van der Waals surface area contributed by atoms with Crippen LogP contribution in [0, 0.1) is 0 Å². The molecule has 2 fully saturated rings. The fourth-order valence-electron chi connectivity index (χ4n) is 4.90. The van der Waals surface area contributed by atoms with Crippen molar-refractivity contribution in [2.45, 2.75) is 37.1 Å². The number of benzene rings is 2. The molecule has 0 spiro atoms. The number of fused-ring (bicyclic) bond motifs is 3. The number of nitrogens with zero attached hydrogens (tertiary/aromatic N) is 2. The number of aromatic nitrogens is 1. The molecular formula is C23H26N2O2. The lowest BCUT2D eigenvalue weighted by Crippen LogP contribution is -2.60. The van der Waals surface area contributed by atoms with Crippen LogP contribution in [0.5, 0.6) is 0 Å². The van der Waals surface area contributed by atoms with Crippen LogP contribution in [-0.4, -0.2) is 39.9 Å². The molecule has 2 saturated heterocycles. The number of hydrogen-bond acceptors (Lipinski definition) is 3. The molecule has 1 aromatic heterocycles. The lowest BCUT2D eigenvalue weighted by Gasteiger charge is -2.52. The third-order valence-corrected chi connectivity index (χ3v) is 6.34. The Labute approximate surface area is 160 Å². The van der Waals surface area contributed by atoms with E-state index in [4.69, 9.17) is 4.74 Å². The summed E-state index contributed by atoms with van der Waals surface area (Å²) in [5, 5.41) is 12.8. The zero-order valence-corrected chi connectivity index (χ0v) is 15.7. The highest BCUT2D eigenvalue weighted by atomic mass is 16.5. The molecule has 0 amide bonds. The van der Waals surface area contributed by atoms with E-state index in [1.165, 1.54) is 16.5 Å². The van der Waals surface area contributed by atoms with E-state index in [0.29, 0.717) is 26.1 Å². The first-order valence-electron chi connectivity index (χ1n) is 9.78. The van der Waals surface area contributed by atoms with Crippen molar-refractivity contribution >= 4 is 10.9 Å². The summed E-state index contributed by atoms with van der Waals surface area (Å²) < 4.78 is 7.97. The van der Waals surface area contributed by atoms with Crippen LogP contribution in [0.2, 0.25) is 0 Å².